The molecular formula is C11H19N3O3. The summed E-state index contributed by atoms with van der Waals surface area (Å²) < 4.78 is 4.18. The maximum atomic E-state index is 8.25. The minimum atomic E-state index is -1.75. The van der Waals surface area contributed by atoms with Gasteiger partial charge in [-0.1, -0.05) is 26.3 Å². The molecule has 1 rings (SSSR count). The van der Waals surface area contributed by atoms with Crippen molar-refractivity contribution in [2.45, 2.75) is 39.2 Å². The summed E-state index contributed by atoms with van der Waals surface area (Å²) >= 11 is 0. The lowest BCUT2D eigenvalue weighted by Gasteiger charge is -1.95. The van der Waals surface area contributed by atoms with Crippen LogP contribution in [-0.4, -0.2) is 9.65 Å². The normalized spacial score (nSPS) is 9.24. The van der Waals surface area contributed by atoms with Crippen LogP contribution < -0.4 is 4.57 Å². The molecule has 17 heavy (non-hydrogen) atoms. The van der Waals surface area contributed by atoms with Crippen LogP contribution in [0, 0.1) is 15.3 Å². The third-order valence-corrected chi connectivity index (χ3v) is 2.19. The molecule has 96 valence electrons. The second kappa shape index (κ2) is 9.38. The molecule has 0 aliphatic carbocycles. The van der Waals surface area contributed by atoms with Crippen molar-refractivity contribution in [2.75, 3.05) is 0 Å². The van der Waals surface area contributed by atoms with Crippen molar-refractivity contribution in [1.29, 1.82) is 0 Å². The SMILES string of the molecule is C=C[n+]1ccn(CCCCCC)c1.O=[N+]([O-])[O-]. The van der Waals surface area contributed by atoms with Gasteiger partial charge in [0.25, 0.3) is 0 Å². The highest BCUT2D eigenvalue weighted by molar-refractivity contribution is 4.94. The maximum absolute atomic E-state index is 8.25. The minimum Gasteiger partial charge on any atom is -0.356 e. The van der Waals surface area contributed by atoms with Gasteiger partial charge >= 0.3 is 0 Å². The van der Waals surface area contributed by atoms with Crippen LogP contribution in [0.25, 0.3) is 6.20 Å². The molecule has 0 radical (unpaired) electrons. The minimum absolute atomic E-state index is 1.13. The first-order valence-electron chi connectivity index (χ1n) is 5.60. The van der Waals surface area contributed by atoms with E-state index in [2.05, 4.69) is 30.6 Å². The van der Waals surface area contributed by atoms with Gasteiger partial charge in [0.1, 0.15) is 12.4 Å². The number of hydrogen-bond donors (Lipinski definition) is 0. The summed E-state index contributed by atoms with van der Waals surface area (Å²) in [5, 5.41) is 14.8. The van der Waals surface area contributed by atoms with Crippen molar-refractivity contribution in [1.82, 2.24) is 4.57 Å². The maximum Gasteiger partial charge on any atom is 0.248 e. The third kappa shape index (κ3) is 9.10. The molecule has 1 aromatic rings. The van der Waals surface area contributed by atoms with Gasteiger partial charge in [-0.25, -0.2) is 9.13 Å². The molecular weight excluding hydrogens is 222 g/mol. The third-order valence-electron chi connectivity index (χ3n) is 2.19. The van der Waals surface area contributed by atoms with Gasteiger partial charge in [-0.15, -0.1) is 0 Å². The van der Waals surface area contributed by atoms with E-state index in [1.165, 1.54) is 25.7 Å². The summed E-state index contributed by atoms with van der Waals surface area (Å²) in [5.41, 5.74) is 0. The van der Waals surface area contributed by atoms with Gasteiger partial charge in [0, 0.05) is 0 Å². The molecule has 0 bridgehead atoms. The van der Waals surface area contributed by atoms with Crippen LogP contribution >= 0.6 is 0 Å². The molecule has 0 amide bonds. The highest BCUT2D eigenvalue weighted by atomic mass is 16.9. The lowest BCUT2D eigenvalue weighted by Crippen LogP contribution is -2.21. The molecule has 1 heterocycles. The van der Waals surface area contributed by atoms with Gasteiger partial charge in [0.15, 0.2) is 0 Å². The molecule has 0 N–H and O–H groups in total. The van der Waals surface area contributed by atoms with Crippen molar-refractivity contribution < 1.29 is 9.65 Å². The van der Waals surface area contributed by atoms with Crippen LogP contribution in [0.1, 0.15) is 32.6 Å². The number of aryl methyl sites for hydroxylation is 1. The fraction of sp³-hybridized carbons (Fsp3) is 0.545. The number of hydrogen-bond acceptors (Lipinski definition) is 3. The molecule has 0 aliphatic rings. The molecule has 0 spiro atoms. The largest absolute Gasteiger partial charge is 0.356 e. The van der Waals surface area contributed by atoms with Gasteiger partial charge in [0.05, 0.1) is 17.8 Å². The Morgan fingerprint density at radius 2 is 2.06 bits per heavy atom. The highest BCUT2D eigenvalue weighted by Gasteiger charge is 1.99. The van der Waals surface area contributed by atoms with Gasteiger partial charge < -0.3 is 15.3 Å². The fourth-order valence-electron chi connectivity index (χ4n) is 1.37. The fourth-order valence-corrected chi connectivity index (χ4v) is 1.37. The molecule has 0 aliphatic heterocycles. The molecule has 0 unspecified atom stereocenters. The number of unbranched alkanes of at least 4 members (excludes halogenated alkanes) is 3. The zero-order valence-electron chi connectivity index (χ0n) is 10.1. The highest BCUT2D eigenvalue weighted by Crippen LogP contribution is 2.00. The first-order chi connectivity index (χ1) is 8.10. The Bertz CT molecular complexity index is 332. The quantitative estimate of drug-likeness (QED) is 0.331. The Hall–Kier alpha value is -1.85. The predicted molar refractivity (Wildman–Crippen MR) is 65.5 cm³/mol. The van der Waals surface area contributed by atoms with E-state index in [9.17, 15) is 0 Å². The van der Waals surface area contributed by atoms with E-state index in [0.717, 1.165) is 6.54 Å². The molecule has 1 aromatic heterocycles. The van der Waals surface area contributed by atoms with Crippen molar-refractivity contribution in [3.63, 3.8) is 0 Å². The van der Waals surface area contributed by atoms with Gasteiger partial charge in [-0.05, 0) is 12.8 Å². The molecule has 0 atom stereocenters. The van der Waals surface area contributed by atoms with E-state index in [1.54, 1.807) is 0 Å². The number of aromatic nitrogens is 2. The molecule has 0 aromatic carbocycles. The summed E-state index contributed by atoms with van der Waals surface area (Å²) in [5.74, 6) is 0. The average molecular weight is 241 g/mol. The topological polar surface area (TPSA) is 75.0 Å². The second-order valence-corrected chi connectivity index (χ2v) is 3.57. The zero-order chi connectivity index (χ0) is 13.1. The van der Waals surface area contributed by atoms with Crippen molar-refractivity contribution >= 4 is 6.20 Å². The van der Waals surface area contributed by atoms with Crippen LogP contribution in [0.3, 0.4) is 0 Å². The Morgan fingerprint density at radius 3 is 2.53 bits per heavy atom. The number of imidazole rings is 1. The van der Waals surface area contributed by atoms with Gasteiger partial charge in [0.2, 0.25) is 6.33 Å². The summed E-state index contributed by atoms with van der Waals surface area (Å²) in [6.07, 6.45) is 13.3. The van der Waals surface area contributed by atoms with Crippen LogP contribution in [0.4, 0.5) is 0 Å². The van der Waals surface area contributed by atoms with E-state index in [0.29, 0.717) is 0 Å². The lowest BCUT2D eigenvalue weighted by molar-refractivity contribution is -0.567. The van der Waals surface area contributed by atoms with Crippen molar-refractivity contribution in [3.05, 3.63) is 40.6 Å². The van der Waals surface area contributed by atoms with Crippen LogP contribution in [0.15, 0.2) is 25.3 Å². The van der Waals surface area contributed by atoms with Crippen molar-refractivity contribution in [3.8, 4) is 0 Å². The van der Waals surface area contributed by atoms with Gasteiger partial charge in [-0.2, -0.15) is 0 Å². The zero-order valence-corrected chi connectivity index (χ0v) is 10.1. The Morgan fingerprint density at radius 1 is 1.41 bits per heavy atom. The standard InChI is InChI=1S/C11H19N2.NO3/c1-3-5-6-7-8-13-10-9-12(4-2)11-13;2-1(3)4/h4,9-11H,2-3,5-8H2,1H3;/q+1;-1. The molecule has 0 saturated heterocycles. The first-order valence-corrected chi connectivity index (χ1v) is 5.60. The Labute approximate surface area is 101 Å². The summed E-state index contributed by atoms with van der Waals surface area (Å²) in [7, 11) is 0. The number of rotatable bonds is 6. The Kier molecular flexibility index (Phi) is 8.36. The Balaban J connectivity index is 0.000000557. The van der Waals surface area contributed by atoms with Crippen LogP contribution in [-0.2, 0) is 6.54 Å². The number of nitrogens with zero attached hydrogens (tertiary/aromatic N) is 3. The summed E-state index contributed by atoms with van der Waals surface area (Å²) in [6.45, 7) is 7.07. The summed E-state index contributed by atoms with van der Waals surface area (Å²) in [6, 6.07) is 0. The van der Waals surface area contributed by atoms with Crippen molar-refractivity contribution in [2.24, 2.45) is 0 Å². The van der Waals surface area contributed by atoms with Gasteiger partial charge in [-0.3, -0.25) is 0 Å². The lowest BCUT2D eigenvalue weighted by atomic mass is 10.2. The molecule has 0 fully saturated rings. The monoisotopic (exact) mass is 241 g/mol. The van der Waals surface area contributed by atoms with Crippen LogP contribution in [0.2, 0.25) is 0 Å². The molecule has 6 nitrogen and oxygen atoms in total. The van der Waals surface area contributed by atoms with E-state index in [4.69, 9.17) is 15.3 Å². The summed E-state index contributed by atoms with van der Waals surface area (Å²) in [4.78, 5) is 8.25. The van der Waals surface area contributed by atoms with E-state index < -0.39 is 5.09 Å². The molecule has 6 heteroatoms. The predicted octanol–water partition coefficient (Wildman–Crippen LogP) is 2.22. The second-order valence-electron chi connectivity index (χ2n) is 3.57. The average Bonchev–Trinajstić information content (AvgIpc) is 2.71. The van der Waals surface area contributed by atoms with E-state index in [1.807, 2.05) is 17.0 Å². The van der Waals surface area contributed by atoms with E-state index in [-0.39, 0.29) is 0 Å². The smallest absolute Gasteiger partial charge is 0.248 e. The first kappa shape index (κ1) is 15.2. The molecule has 0 saturated carbocycles. The van der Waals surface area contributed by atoms with Crippen LogP contribution in [0.5, 0.6) is 0 Å². The van der Waals surface area contributed by atoms with E-state index >= 15 is 0 Å².